The number of hydrogen-bond donors (Lipinski definition) is 0. The van der Waals surface area contributed by atoms with Crippen molar-refractivity contribution in [2.45, 2.75) is 24.9 Å². The summed E-state index contributed by atoms with van der Waals surface area (Å²) in [6.07, 6.45) is 0.376. The zero-order chi connectivity index (χ0) is 25.7. The van der Waals surface area contributed by atoms with E-state index in [2.05, 4.69) is 31.9 Å². The Hall–Kier alpha value is -2.97. The van der Waals surface area contributed by atoms with Gasteiger partial charge in [0.15, 0.2) is 0 Å². The normalized spacial score (nSPS) is 17.0. The summed E-state index contributed by atoms with van der Waals surface area (Å²) >= 11 is 6.89. The van der Waals surface area contributed by atoms with E-state index in [1.807, 2.05) is 78.9 Å². The number of esters is 1. The highest BCUT2D eigenvalue weighted by Crippen LogP contribution is 2.37. The Morgan fingerprint density at radius 3 is 2.19 bits per heavy atom. The Bertz CT molecular complexity index is 1250. The van der Waals surface area contributed by atoms with Crippen molar-refractivity contribution in [3.8, 4) is 0 Å². The third kappa shape index (κ3) is 5.71. The molecule has 0 aliphatic carbocycles. The van der Waals surface area contributed by atoms with Crippen LogP contribution in [0.1, 0.15) is 23.1 Å². The molecule has 0 bridgehead atoms. The van der Waals surface area contributed by atoms with Crippen LogP contribution in [0.15, 0.2) is 87.8 Å². The molecular weight excluding hydrogens is 588 g/mol. The van der Waals surface area contributed by atoms with E-state index in [9.17, 15) is 14.4 Å². The third-order valence-electron chi connectivity index (χ3n) is 6.48. The van der Waals surface area contributed by atoms with Gasteiger partial charge in [0.25, 0.3) is 0 Å². The van der Waals surface area contributed by atoms with Crippen LogP contribution in [0, 0.1) is 0 Å². The number of nitrogens with zero attached hydrogens (tertiary/aromatic N) is 2. The Morgan fingerprint density at radius 1 is 0.889 bits per heavy atom. The largest absolute Gasteiger partial charge is 0.468 e. The van der Waals surface area contributed by atoms with Crippen LogP contribution in [0.25, 0.3) is 0 Å². The van der Waals surface area contributed by atoms with Crippen molar-refractivity contribution in [2.75, 3.05) is 20.2 Å². The van der Waals surface area contributed by atoms with E-state index in [0.717, 1.165) is 25.6 Å². The molecule has 1 unspecified atom stereocenters. The highest BCUT2D eigenvalue weighted by Gasteiger charge is 2.49. The number of amides is 2. The van der Waals surface area contributed by atoms with Crippen LogP contribution >= 0.6 is 31.9 Å². The topological polar surface area (TPSA) is 66.9 Å². The quantitative estimate of drug-likeness (QED) is 0.287. The molecule has 2 amide bonds. The zero-order valence-corrected chi connectivity index (χ0v) is 23.0. The first kappa shape index (κ1) is 26.1. The second-order valence-electron chi connectivity index (χ2n) is 8.83. The van der Waals surface area contributed by atoms with Crippen molar-refractivity contribution in [1.82, 2.24) is 9.80 Å². The van der Waals surface area contributed by atoms with Crippen LogP contribution in [0.3, 0.4) is 0 Å². The number of rotatable bonds is 6. The van der Waals surface area contributed by atoms with Gasteiger partial charge in [-0.3, -0.25) is 14.4 Å². The van der Waals surface area contributed by atoms with Gasteiger partial charge in [-0.25, -0.2) is 0 Å². The Balaban J connectivity index is 1.58. The highest BCUT2D eigenvalue weighted by molar-refractivity contribution is 9.10. The van der Waals surface area contributed by atoms with Crippen molar-refractivity contribution in [3.05, 3.63) is 104 Å². The molecule has 3 aromatic carbocycles. The van der Waals surface area contributed by atoms with Gasteiger partial charge in [0, 0.05) is 35.1 Å². The van der Waals surface area contributed by atoms with Gasteiger partial charge in [0.1, 0.15) is 5.41 Å². The van der Waals surface area contributed by atoms with Crippen molar-refractivity contribution in [3.63, 3.8) is 0 Å². The van der Waals surface area contributed by atoms with Crippen LogP contribution in [0.2, 0.25) is 0 Å². The summed E-state index contributed by atoms with van der Waals surface area (Å²) in [4.78, 5) is 43.0. The molecule has 1 aliphatic rings. The number of carbonyl (C=O) groups excluding carboxylic acids is 3. The molecule has 3 aromatic rings. The van der Waals surface area contributed by atoms with E-state index < -0.39 is 23.2 Å². The minimum Gasteiger partial charge on any atom is -0.468 e. The first-order valence-electron chi connectivity index (χ1n) is 11.5. The lowest BCUT2D eigenvalue weighted by atomic mass is 9.79. The molecule has 0 aromatic heterocycles. The maximum absolute atomic E-state index is 13.5. The third-order valence-corrected chi connectivity index (χ3v) is 7.50. The molecule has 1 atom stereocenters. The van der Waals surface area contributed by atoms with Gasteiger partial charge >= 0.3 is 17.8 Å². The van der Waals surface area contributed by atoms with E-state index in [0.29, 0.717) is 13.0 Å². The molecule has 0 saturated carbocycles. The maximum atomic E-state index is 13.5. The Morgan fingerprint density at radius 2 is 1.56 bits per heavy atom. The summed E-state index contributed by atoms with van der Waals surface area (Å²) < 4.78 is 6.91. The van der Waals surface area contributed by atoms with Crippen LogP contribution in [-0.4, -0.2) is 47.8 Å². The smallest absolute Gasteiger partial charge is 0.318 e. The van der Waals surface area contributed by atoms with Crippen molar-refractivity contribution >= 4 is 49.6 Å². The summed E-state index contributed by atoms with van der Waals surface area (Å²) in [6, 6.07) is 24.7. The molecular formula is C28H26Br2N2O4. The summed E-state index contributed by atoms with van der Waals surface area (Å²) in [5, 5.41) is 0. The summed E-state index contributed by atoms with van der Waals surface area (Å²) in [7, 11) is 1.34. The molecule has 0 N–H and O–H groups in total. The molecule has 186 valence electrons. The molecule has 6 nitrogen and oxygen atoms in total. The second kappa shape index (κ2) is 11.4. The molecule has 4 rings (SSSR count). The van der Waals surface area contributed by atoms with Gasteiger partial charge in [-0.2, -0.15) is 0 Å². The SMILES string of the molecule is COC(=O)C1(c2cccc(Br)c2)CCN(C(=O)C(=O)N(Cc2ccccc2)Cc2ccc(Br)cc2)C1. The maximum Gasteiger partial charge on any atom is 0.318 e. The standard InChI is InChI=1S/C28H26Br2N2O4/c1-36-27(35)28(22-8-5-9-24(30)16-22)14-15-31(19-28)25(33)26(34)32(17-20-6-3-2-4-7-20)18-21-10-12-23(29)13-11-21/h2-13,16H,14-15,17-19H2,1H3. The molecule has 1 heterocycles. The lowest BCUT2D eigenvalue weighted by Crippen LogP contribution is -2.46. The van der Waals surface area contributed by atoms with E-state index in [1.165, 1.54) is 12.0 Å². The average Bonchev–Trinajstić information content (AvgIpc) is 3.35. The monoisotopic (exact) mass is 612 g/mol. The average molecular weight is 614 g/mol. The van der Waals surface area contributed by atoms with E-state index >= 15 is 0 Å². The summed E-state index contributed by atoms with van der Waals surface area (Å²) in [5.74, 6) is -1.64. The van der Waals surface area contributed by atoms with Crippen LogP contribution in [-0.2, 0) is 37.6 Å². The van der Waals surface area contributed by atoms with Crippen LogP contribution < -0.4 is 0 Å². The predicted molar refractivity (Wildman–Crippen MR) is 144 cm³/mol. The van der Waals surface area contributed by atoms with E-state index in [-0.39, 0.29) is 19.6 Å². The molecule has 0 spiro atoms. The number of hydrogen-bond acceptors (Lipinski definition) is 4. The van der Waals surface area contributed by atoms with Gasteiger partial charge in [-0.15, -0.1) is 0 Å². The number of ether oxygens (including phenoxy) is 1. The van der Waals surface area contributed by atoms with Crippen molar-refractivity contribution in [2.24, 2.45) is 0 Å². The van der Waals surface area contributed by atoms with Gasteiger partial charge in [0.05, 0.1) is 7.11 Å². The number of likely N-dealkylation sites (tertiary alicyclic amines) is 1. The lowest BCUT2D eigenvalue weighted by Gasteiger charge is -2.28. The molecule has 1 fully saturated rings. The molecule has 0 radical (unpaired) electrons. The zero-order valence-electron chi connectivity index (χ0n) is 19.8. The van der Waals surface area contributed by atoms with Gasteiger partial charge in [-0.05, 0) is 47.4 Å². The van der Waals surface area contributed by atoms with Gasteiger partial charge in [-0.1, -0.05) is 86.5 Å². The number of carbonyl (C=O) groups is 3. The molecule has 36 heavy (non-hydrogen) atoms. The molecule has 1 aliphatic heterocycles. The predicted octanol–water partition coefficient (Wildman–Crippen LogP) is 5.08. The Labute approximate surface area is 227 Å². The van der Waals surface area contributed by atoms with Gasteiger partial charge in [0.2, 0.25) is 0 Å². The fraction of sp³-hybridized carbons (Fsp3) is 0.250. The minimum atomic E-state index is -1.02. The summed E-state index contributed by atoms with van der Waals surface area (Å²) in [5.41, 5.74) is 1.57. The van der Waals surface area contributed by atoms with E-state index in [1.54, 1.807) is 4.90 Å². The molecule has 8 heteroatoms. The minimum absolute atomic E-state index is 0.0815. The first-order valence-corrected chi connectivity index (χ1v) is 13.1. The number of benzene rings is 3. The summed E-state index contributed by atoms with van der Waals surface area (Å²) in [6.45, 7) is 0.944. The van der Waals surface area contributed by atoms with E-state index in [4.69, 9.17) is 4.74 Å². The number of halogens is 2. The fourth-order valence-corrected chi connectivity index (χ4v) is 5.23. The van der Waals surface area contributed by atoms with Crippen LogP contribution in [0.4, 0.5) is 0 Å². The lowest BCUT2D eigenvalue weighted by molar-refractivity contribution is -0.153. The molecule has 1 saturated heterocycles. The van der Waals surface area contributed by atoms with Crippen LogP contribution in [0.5, 0.6) is 0 Å². The fourth-order valence-electron chi connectivity index (χ4n) is 4.57. The van der Waals surface area contributed by atoms with Crippen molar-refractivity contribution in [1.29, 1.82) is 0 Å². The van der Waals surface area contributed by atoms with Crippen molar-refractivity contribution < 1.29 is 19.1 Å². The Kier molecular flexibility index (Phi) is 8.26. The first-order chi connectivity index (χ1) is 17.3. The second-order valence-corrected chi connectivity index (χ2v) is 10.7. The highest BCUT2D eigenvalue weighted by atomic mass is 79.9. The number of methoxy groups -OCH3 is 1. The van der Waals surface area contributed by atoms with Gasteiger partial charge < -0.3 is 14.5 Å².